The van der Waals surface area contributed by atoms with E-state index in [1.54, 1.807) is 0 Å². The zero-order chi connectivity index (χ0) is 13.4. The van der Waals surface area contributed by atoms with Crippen molar-refractivity contribution in [3.05, 3.63) is 35.2 Å². The number of aryl methyl sites for hydroxylation is 3. The zero-order valence-electron chi connectivity index (χ0n) is 11.6. The second kappa shape index (κ2) is 4.64. The molecular weight excluding hydrogens is 238 g/mol. The number of imidazole rings is 1. The molecule has 2 aromatic heterocycles. The van der Waals surface area contributed by atoms with E-state index in [2.05, 4.69) is 24.8 Å². The van der Waals surface area contributed by atoms with Crippen LogP contribution >= 0.6 is 0 Å². The summed E-state index contributed by atoms with van der Waals surface area (Å²) in [7, 11) is 0. The van der Waals surface area contributed by atoms with Crippen molar-refractivity contribution in [2.75, 3.05) is 11.4 Å². The fraction of sp³-hybridized carbons (Fsp3) is 0.500. The third-order valence-corrected chi connectivity index (χ3v) is 3.52. The quantitative estimate of drug-likeness (QED) is 0.898. The number of hydrogen-bond donors (Lipinski definition) is 1. The van der Waals surface area contributed by atoms with Gasteiger partial charge in [0, 0.05) is 29.8 Å². The lowest BCUT2D eigenvalue weighted by Crippen LogP contribution is -2.26. The predicted molar refractivity (Wildman–Crippen MR) is 74.2 cm³/mol. The van der Waals surface area contributed by atoms with Gasteiger partial charge < -0.3 is 9.88 Å². The van der Waals surface area contributed by atoms with Crippen LogP contribution in [-0.4, -0.2) is 26.5 Å². The summed E-state index contributed by atoms with van der Waals surface area (Å²) in [4.78, 5) is 19.2. The second-order valence-corrected chi connectivity index (χ2v) is 5.25. The molecule has 3 rings (SSSR count). The Labute approximate surface area is 113 Å². The molecule has 3 heterocycles. The Bertz CT molecular complexity index is 569. The molecule has 1 fully saturated rings. The monoisotopic (exact) mass is 257 g/mol. The largest absolute Gasteiger partial charge is 0.344 e. The van der Waals surface area contributed by atoms with E-state index in [1.165, 1.54) is 0 Å². The summed E-state index contributed by atoms with van der Waals surface area (Å²) in [5, 5.41) is 0. The second-order valence-electron chi connectivity index (χ2n) is 5.25. The lowest BCUT2D eigenvalue weighted by Gasteiger charge is -2.23. The van der Waals surface area contributed by atoms with Gasteiger partial charge in [0.05, 0.1) is 6.04 Å². The first-order valence-electron chi connectivity index (χ1n) is 6.74. The molecule has 2 aromatic rings. The standard InChI is InChI=1S/C14H19N5/c1-9-7-10(2)18-14(17-9)19-6-4-5-12(19)13-15-8-11(3)16-13/h7-8,12H,4-6H2,1-3H3,(H,15,16). The van der Waals surface area contributed by atoms with E-state index in [-0.39, 0.29) is 6.04 Å². The number of hydrogen-bond acceptors (Lipinski definition) is 4. The summed E-state index contributed by atoms with van der Waals surface area (Å²) in [6, 6.07) is 2.28. The fourth-order valence-corrected chi connectivity index (χ4v) is 2.73. The Kier molecular flexibility index (Phi) is 2.97. The smallest absolute Gasteiger partial charge is 0.226 e. The van der Waals surface area contributed by atoms with E-state index in [0.29, 0.717) is 0 Å². The summed E-state index contributed by atoms with van der Waals surface area (Å²) in [5.41, 5.74) is 3.13. The first-order chi connectivity index (χ1) is 9.13. The molecule has 0 bridgehead atoms. The molecule has 0 radical (unpaired) electrons. The average molecular weight is 257 g/mol. The summed E-state index contributed by atoms with van der Waals surface area (Å²) < 4.78 is 0. The fourth-order valence-electron chi connectivity index (χ4n) is 2.73. The number of aromatic nitrogens is 4. The van der Waals surface area contributed by atoms with Gasteiger partial charge in [-0.15, -0.1) is 0 Å². The van der Waals surface area contributed by atoms with Crippen LogP contribution in [0, 0.1) is 20.8 Å². The van der Waals surface area contributed by atoms with Gasteiger partial charge in [-0.25, -0.2) is 15.0 Å². The van der Waals surface area contributed by atoms with Crippen molar-refractivity contribution in [3.8, 4) is 0 Å². The van der Waals surface area contributed by atoms with Gasteiger partial charge in [0.25, 0.3) is 0 Å². The van der Waals surface area contributed by atoms with Gasteiger partial charge in [0.1, 0.15) is 5.82 Å². The van der Waals surface area contributed by atoms with E-state index in [4.69, 9.17) is 0 Å². The van der Waals surface area contributed by atoms with E-state index in [1.807, 2.05) is 33.0 Å². The lowest BCUT2D eigenvalue weighted by atomic mass is 10.2. The van der Waals surface area contributed by atoms with Crippen LogP contribution in [0.15, 0.2) is 12.3 Å². The van der Waals surface area contributed by atoms with Crippen molar-refractivity contribution in [3.63, 3.8) is 0 Å². The van der Waals surface area contributed by atoms with Crippen molar-refractivity contribution in [2.24, 2.45) is 0 Å². The number of anilines is 1. The maximum atomic E-state index is 4.57. The Morgan fingerprint density at radius 3 is 2.58 bits per heavy atom. The number of nitrogens with one attached hydrogen (secondary N) is 1. The Balaban J connectivity index is 1.94. The topological polar surface area (TPSA) is 57.7 Å². The van der Waals surface area contributed by atoms with Crippen LogP contribution in [0.3, 0.4) is 0 Å². The summed E-state index contributed by atoms with van der Waals surface area (Å²) in [5.74, 6) is 1.85. The molecule has 1 saturated heterocycles. The van der Waals surface area contributed by atoms with Gasteiger partial charge in [-0.05, 0) is 39.7 Å². The lowest BCUT2D eigenvalue weighted by molar-refractivity contribution is 0.659. The van der Waals surface area contributed by atoms with Gasteiger partial charge in [-0.3, -0.25) is 0 Å². The van der Waals surface area contributed by atoms with Gasteiger partial charge in [0.2, 0.25) is 5.95 Å². The van der Waals surface area contributed by atoms with Crippen LogP contribution in [0.4, 0.5) is 5.95 Å². The molecule has 19 heavy (non-hydrogen) atoms. The highest BCUT2D eigenvalue weighted by Gasteiger charge is 2.30. The van der Waals surface area contributed by atoms with Gasteiger partial charge in [-0.2, -0.15) is 0 Å². The maximum Gasteiger partial charge on any atom is 0.226 e. The molecular formula is C14H19N5. The number of H-pyrrole nitrogens is 1. The molecule has 5 heteroatoms. The Morgan fingerprint density at radius 1 is 1.21 bits per heavy atom. The van der Waals surface area contributed by atoms with Gasteiger partial charge >= 0.3 is 0 Å². The number of nitrogens with zero attached hydrogens (tertiary/aromatic N) is 4. The molecule has 0 saturated carbocycles. The third kappa shape index (κ3) is 2.32. The molecule has 1 aliphatic heterocycles. The van der Waals surface area contributed by atoms with Crippen LogP contribution in [0.25, 0.3) is 0 Å². The first-order valence-corrected chi connectivity index (χ1v) is 6.74. The summed E-state index contributed by atoms with van der Waals surface area (Å²) >= 11 is 0. The van der Waals surface area contributed by atoms with Crippen molar-refractivity contribution in [1.29, 1.82) is 0 Å². The zero-order valence-corrected chi connectivity index (χ0v) is 11.6. The number of rotatable bonds is 2. The highest BCUT2D eigenvalue weighted by Crippen LogP contribution is 2.33. The van der Waals surface area contributed by atoms with Crippen LogP contribution in [0.5, 0.6) is 0 Å². The maximum absolute atomic E-state index is 4.57. The van der Waals surface area contributed by atoms with Crippen molar-refractivity contribution < 1.29 is 0 Å². The normalized spacial score (nSPS) is 19.1. The van der Waals surface area contributed by atoms with Crippen molar-refractivity contribution >= 4 is 5.95 Å². The van der Waals surface area contributed by atoms with Crippen LogP contribution in [0.2, 0.25) is 0 Å². The highest BCUT2D eigenvalue weighted by molar-refractivity contribution is 5.37. The molecule has 1 aliphatic rings. The summed E-state index contributed by atoms with van der Waals surface area (Å²) in [6.45, 7) is 7.05. The summed E-state index contributed by atoms with van der Waals surface area (Å²) in [6.07, 6.45) is 4.14. The van der Waals surface area contributed by atoms with E-state index < -0.39 is 0 Å². The molecule has 1 atom stereocenters. The van der Waals surface area contributed by atoms with E-state index in [9.17, 15) is 0 Å². The Morgan fingerprint density at radius 2 is 1.95 bits per heavy atom. The first kappa shape index (κ1) is 12.1. The molecule has 0 aromatic carbocycles. The molecule has 0 spiro atoms. The van der Waals surface area contributed by atoms with Gasteiger partial charge in [-0.1, -0.05) is 0 Å². The molecule has 100 valence electrons. The molecule has 1 unspecified atom stereocenters. The van der Waals surface area contributed by atoms with Crippen molar-refractivity contribution in [2.45, 2.75) is 39.7 Å². The molecule has 0 aliphatic carbocycles. The van der Waals surface area contributed by atoms with Crippen LogP contribution in [0.1, 0.15) is 41.8 Å². The molecule has 1 N–H and O–H groups in total. The minimum Gasteiger partial charge on any atom is -0.344 e. The van der Waals surface area contributed by atoms with Crippen molar-refractivity contribution in [1.82, 2.24) is 19.9 Å². The molecule has 0 amide bonds. The average Bonchev–Trinajstić information content (AvgIpc) is 2.95. The third-order valence-electron chi connectivity index (χ3n) is 3.52. The minimum atomic E-state index is 0.273. The predicted octanol–water partition coefficient (Wildman–Crippen LogP) is 2.47. The highest BCUT2D eigenvalue weighted by atomic mass is 15.3. The van der Waals surface area contributed by atoms with Crippen LogP contribution in [-0.2, 0) is 0 Å². The van der Waals surface area contributed by atoms with Crippen LogP contribution < -0.4 is 4.90 Å². The minimum absolute atomic E-state index is 0.273. The van der Waals surface area contributed by atoms with E-state index >= 15 is 0 Å². The molecule has 5 nitrogen and oxygen atoms in total. The van der Waals surface area contributed by atoms with Gasteiger partial charge in [0.15, 0.2) is 0 Å². The Hall–Kier alpha value is -1.91. The SMILES string of the molecule is Cc1cc(C)nc(N2CCCC2c2ncc(C)[nH]2)n1. The van der Waals surface area contributed by atoms with E-state index in [0.717, 1.165) is 48.2 Å². The number of aromatic amines is 1.